The zero-order valence-electron chi connectivity index (χ0n) is 18.9. The Morgan fingerprint density at radius 2 is 1.85 bits per heavy atom. The number of aromatic nitrogens is 3. The third kappa shape index (κ3) is 6.29. The number of aryl methyl sites for hydroxylation is 1. The van der Waals surface area contributed by atoms with Gasteiger partial charge in [-0.25, -0.2) is 4.98 Å². The quantitative estimate of drug-likeness (QED) is 0.368. The van der Waals surface area contributed by atoms with Gasteiger partial charge in [0.2, 0.25) is 11.8 Å². The summed E-state index contributed by atoms with van der Waals surface area (Å²) in [5.74, 6) is 0.394. The molecule has 2 aromatic carbocycles. The molecule has 0 aliphatic rings. The number of nitrogens with zero attached hydrogens (tertiary/aromatic N) is 3. The summed E-state index contributed by atoms with van der Waals surface area (Å²) in [6.07, 6.45) is 3.51. The lowest BCUT2D eigenvalue weighted by Crippen LogP contribution is -2.24. The summed E-state index contributed by atoms with van der Waals surface area (Å²) >= 11 is 1.46. The van der Waals surface area contributed by atoms with Crippen LogP contribution in [0.25, 0.3) is 0 Å². The molecular formula is C25H25N5O3S. The minimum absolute atomic E-state index is 0.147. The van der Waals surface area contributed by atoms with Gasteiger partial charge in [-0.1, -0.05) is 23.8 Å². The lowest BCUT2D eigenvalue weighted by molar-refractivity contribution is -0.119. The van der Waals surface area contributed by atoms with Gasteiger partial charge >= 0.3 is 0 Å². The Morgan fingerprint density at radius 1 is 1.09 bits per heavy atom. The first kappa shape index (κ1) is 23.2. The van der Waals surface area contributed by atoms with Gasteiger partial charge in [0.15, 0.2) is 0 Å². The molecule has 9 heteroatoms. The number of nitrogens with one attached hydrogen (secondary N) is 2. The van der Waals surface area contributed by atoms with Crippen molar-refractivity contribution in [2.75, 3.05) is 10.6 Å². The number of hydrogen-bond donors (Lipinski definition) is 2. The molecular weight excluding hydrogens is 450 g/mol. The number of thiazole rings is 1. The largest absolute Gasteiger partial charge is 0.486 e. The topological polar surface area (TPSA) is 98.1 Å². The number of anilines is 2. The monoisotopic (exact) mass is 475 g/mol. The highest BCUT2D eigenvalue weighted by atomic mass is 32.1. The van der Waals surface area contributed by atoms with Gasteiger partial charge in [-0.15, -0.1) is 11.3 Å². The molecule has 4 rings (SSSR count). The van der Waals surface area contributed by atoms with Gasteiger partial charge in [0.25, 0.3) is 0 Å². The second-order valence-electron chi connectivity index (χ2n) is 7.79. The molecule has 0 spiro atoms. The van der Waals surface area contributed by atoms with E-state index in [2.05, 4.69) is 20.7 Å². The van der Waals surface area contributed by atoms with E-state index in [9.17, 15) is 9.59 Å². The second-order valence-corrected chi connectivity index (χ2v) is 8.73. The standard InChI is InChI=1S/C25H25N5O3S/c1-17-7-9-22(10-8-17)33-15-24-28-21(16-34-24)14-23(31)27-19-5-3-6-20(13-19)29-25(32)18(2)30-12-4-11-26-30/h3-13,16,18H,14-15H2,1-2H3,(H,27,31)(H,29,32). The number of amides is 2. The molecule has 1 atom stereocenters. The van der Waals surface area contributed by atoms with Crippen molar-refractivity contribution in [2.45, 2.75) is 32.9 Å². The van der Waals surface area contributed by atoms with Gasteiger partial charge in [-0.3, -0.25) is 14.3 Å². The van der Waals surface area contributed by atoms with Crippen molar-refractivity contribution in [3.63, 3.8) is 0 Å². The van der Waals surface area contributed by atoms with E-state index in [1.165, 1.54) is 16.9 Å². The highest BCUT2D eigenvalue weighted by Crippen LogP contribution is 2.19. The van der Waals surface area contributed by atoms with Crippen LogP contribution in [0, 0.1) is 6.92 Å². The summed E-state index contributed by atoms with van der Waals surface area (Å²) in [4.78, 5) is 29.5. The molecule has 2 aromatic heterocycles. The predicted molar refractivity (Wildman–Crippen MR) is 132 cm³/mol. The van der Waals surface area contributed by atoms with Gasteiger partial charge in [0, 0.05) is 29.1 Å². The molecule has 2 amide bonds. The zero-order chi connectivity index (χ0) is 23.9. The van der Waals surface area contributed by atoms with Crippen LogP contribution in [0.5, 0.6) is 5.75 Å². The van der Waals surface area contributed by atoms with Crippen LogP contribution in [0.2, 0.25) is 0 Å². The van der Waals surface area contributed by atoms with Crippen molar-refractivity contribution < 1.29 is 14.3 Å². The van der Waals surface area contributed by atoms with Crippen molar-refractivity contribution in [1.82, 2.24) is 14.8 Å². The Balaban J connectivity index is 1.28. The number of hydrogen-bond acceptors (Lipinski definition) is 6. The molecule has 0 radical (unpaired) electrons. The normalized spacial score (nSPS) is 11.6. The maximum Gasteiger partial charge on any atom is 0.248 e. The van der Waals surface area contributed by atoms with E-state index >= 15 is 0 Å². The molecule has 1 unspecified atom stereocenters. The molecule has 8 nitrogen and oxygen atoms in total. The number of carbonyl (C=O) groups excluding carboxylic acids is 2. The molecule has 174 valence electrons. The lowest BCUT2D eigenvalue weighted by atomic mass is 10.2. The maximum atomic E-state index is 12.5. The van der Waals surface area contributed by atoms with E-state index < -0.39 is 6.04 Å². The first-order chi connectivity index (χ1) is 16.5. The minimum atomic E-state index is -0.456. The molecule has 34 heavy (non-hydrogen) atoms. The third-order valence-electron chi connectivity index (χ3n) is 5.04. The van der Waals surface area contributed by atoms with Crippen LogP contribution in [0.4, 0.5) is 11.4 Å². The summed E-state index contributed by atoms with van der Waals surface area (Å²) in [5.41, 5.74) is 3.04. The number of benzene rings is 2. The van der Waals surface area contributed by atoms with Gasteiger partial charge in [-0.2, -0.15) is 5.10 Å². The summed E-state index contributed by atoms with van der Waals surface area (Å²) < 4.78 is 7.33. The van der Waals surface area contributed by atoms with Crippen molar-refractivity contribution in [2.24, 2.45) is 0 Å². The van der Waals surface area contributed by atoms with Crippen LogP contribution < -0.4 is 15.4 Å². The Labute approximate surface area is 201 Å². The fourth-order valence-electron chi connectivity index (χ4n) is 3.20. The van der Waals surface area contributed by atoms with E-state index in [-0.39, 0.29) is 18.2 Å². The molecule has 0 saturated heterocycles. The van der Waals surface area contributed by atoms with Gasteiger partial charge in [-0.05, 0) is 50.2 Å². The Bertz CT molecular complexity index is 1250. The molecule has 0 saturated carbocycles. The number of carbonyl (C=O) groups is 2. The van der Waals surface area contributed by atoms with E-state index in [1.54, 1.807) is 54.3 Å². The molecule has 0 bridgehead atoms. The van der Waals surface area contributed by atoms with Gasteiger partial charge in [0.05, 0.1) is 12.1 Å². The molecule has 0 aliphatic carbocycles. The van der Waals surface area contributed by atoms with Gasteiger partial charge in [0.1, 0.15) is 23.4 Å². The van der Waals surface area contributed by atoms with E-state index in [0.29, 0.717) is 23.7 Å². The van der Waals surface area contributed by atoms with E-state index in [4.69, 9.17) is 4.74 Å². The van der Waals surface area contributed by atoms with Crippen molar-refractivity contribution >= 4 is 34.5 Å². The van der Waals surface area contributed by atoms with Crippen molar-refractivity contribution in [3.8, 4) is 5.75 Å². The van der Waals surface area contributed by atoms with Crippen LogP contribution >= 0.6 is 11.3 Å². The zero-order valence-corrected chi connectivity index (χ0v) is 19.7. The Kier molecular flexibility index (Phi) is 7.34. The average molecular weight is 476 g/mol. The van der Waals surface area contributed by atoms with Crippen LogP contribution in [0.3, 0.4) is 0 Å². The minimum Gasteiger partial charge on any atom is -0.486 e. The van der Waals surface area contributed by atoms with E-state index in [0.717, 1.165) is 10.8 Å². The highest BCUT2D eigenvalue weighted by Gasteiger charge is 2.15. The third-order valence-corrected chi connectivity index (χ3v) is 5.91. The summed E-state index contributed by atoms with van der Waals surface area (Å²) in [6, 6.07) is 16.2. The lowest BCUT2D eigenvalue weighted by Gasteiger charge is -2.13. The molecule has 2 heterocycles. The number of rotatable bonds is 9. The summed E-state index contributed by atoms with van der Waals surface area (Å²) in [6.45, 7) is 4.15. The SMILES string of the molecule is Cc1ccc(OCc2nc(CC(=O)Nc3cccc(NC(=O)C(C)n4cccn4)c3)cs2)cc1. The van der Waals surface area contributed by atoms with Crippen molar-refractivity contribution in [3.05, 3.63) is 88.6 Å². The fraction of sp³-hybridized carbons (Fsp3) is 0.200. The summed E-state index contributed by atoms with van der Waals surface area (Å²) in [7, 11) is 0. The number of ether oxygens (including phenoxy) is 1. The maximum absolute atomic E-state index is 12.5. The van der Waals surface area contributed by atoms with Crippen LogP contribution in [0.15, 0.2) is 72.4 Å². The average Bonchev–Trinajstić information content (AvgIpc) is 3.51. The van der Waals surface area contributed by atoms with Crippen LogP contribution in [-0.2, 0) is 22.6 Å². The Morgan fingerprint density at radius 3 is 2.59 bits per heavy atom. The summed E-state index contributed by atoms with van der Waals surface area (Å²) in [5, 5.41) is 12.5. The first-order valence-electron chi connectivity index (χ1n) is 10.8. The highest BCUT2D eigenvalue weighted by molar-refractivity contribution is 7.09. The predicted octanol–water partition coefficient (Wildman–Crippen LogP) is 4.61. The smallest absolute Gasteiger partial charge is 0.248 e. The Hall–Kier alpha value is -3.98. The molecule has 0 fully saturated rings. The van der Waals surface area contributed by atoms with Crippen LogP contribution in [0.1, 0.15) is 29.2 Å². The second kappa shape index (κ2) is 10.8. The van der Waals surface area contributed by atoms with Crippen molar-refractivity contribution in [1.29, 1.82) is 0 Å². The van der Waals surface area contributed by atoms with Gasteiger partial charge < -0.3 is 15.4 Å². The fourth-order valence-corrected chi connectivity index (χ4v) is 3.90. The van der Waals surface area contributed by atoms with Crippen LogP contribution in [-0.4, -0.2) is 26.6 Å². The first-order valence-corrected chi connectivity index (χ1v) is 11.7. The molecule has 0 aliphatic heterocycles. The molecule has 4 aromatic rings. The van der Waals surface area contributed by atoms with E-state index in [1.807, 2.05) is 36.6 Å². The molecule has 2 N–H and O–H groups in total.